The number of hydrogen-bond donors (Lipinski definition) is 1. The number of pyridine rings is 1. The number of aromatic nitrogens is 1. The molecular formula is C11H17N3O2S2. The van der Waals surface area contributed by atoms with E-state index in [2.05, 4.69) is 4.98 Å². The average Bonchev–Trinajstić information content (AvgIpc) is 2.29. The summed E-state index contributed by atoms with van der Waals surface area (Å²) in [7, 11) is -3.30. The van der Waals surface area contributed by atoms with E-state index in [1.807, 2.05) is 11.8 Å². The second kappa shape index (κ2) is 6.10. The van der Waals surface area contributed by atoms with Gasteiger partial charge in [-0.3, -0.25) is 0 Å². The number of rotatable bonds is 6. The van der Waals surface area contributed by atoms with Crippen LogP contribution in [0.5, 0.6) is 0 Å². The standard InChI is InChI=1S/C11H17N3O2S2/c1-3-14(8-6-10(12)17)11-9(18(2,15)16)5-4-7-13-11/h4-5,7H,3,6,8H2,1-2H3,(H2,12,17). The Kier molecular flexibility index (Phi) is 5.03. The summed E-state index contributed by atoms with van der Waals surface area (Å²) in [5.74, 6) is 0.457. The summed E-state index contributed by atoms with van der Waals surface area (Å²) >= 11 is 4.83. The van der Waals surface area contributed by atoms with Crippen LogP contribution in [0.2, 0.25) is 0 Å². The SMILES string of the molecule is CCN(CCC(N)=S)c1ncccc1S(C)(=O)=O. The highest BCUT2D eigenvalue weighted by atomic mass is 32.2. The topological polar surface area (TPSA) is 76.3 Å². The predicted octanol–water partition coefficient (Wildman–Crippen LogP) is 0.988. The first kappa shape index (κ1) is 14.8. The van der Waals surface area contributed by atoms with Crippen LogP contribution in [-0.2, 0) is 9.84 Å². The molecule has 1 heterocycles. The summed E-state index contributed by atoms with van der Waals surface area (Å²) in [6.45, 7) is 3.13. The quantitative estimate of drug-likeness (QED) is 0.786. The van der Waals surface area contributed by atoms with Crippen molar-refractivity contribution in [1.82, 2.24) is 4.98 Å². The second-order valence-electron chi connectivity index (χ2n) is 3.89. The highest BCUT2D eigenvalue weighted by Crippen LogP contribution is 2.22. The number of nitrogens with two attached hydrogens (primary N) is 1. The third-order valence-corrected chi connectivity index (χ3v) is 3.78. The zero-order chi connectivity index (χ0) is 13.8. The lowest BCUT2D eigenvalue weighted by Crippen LogP contribution is -2.29. The van der Waals surface area contributed by atoms with Crippen molar-refractivity contribution in [3.8, 4) is 0 Å². The van der Waals surface area contributed by atoms with Gasteiger partial charge >= 0.3 is 0 Å². The van der Waals surface area contributed by atoms with Gasteiger partial charge in [0, 0.05) is 32.0 Å². The molecule has 7 heteroatoms. The molecule has 5 nitrogen and oxygen atoms in total. The maximum absolute atomic E-state index is 11.7. The first-order valence-corrected chi connectivity index (χ1v) is 7.84. The number of anilines is 1. The zero-order valence-corrected chi connectivity index (χ0v) is 12.1. The largest absolute Gasteiger partial charge is 0.393 e. The summed E-state index contributed by atoms with van der Waals surface area (Å²) in [5.41, 5.74) is 5.46. The Labute approximate surface area is 113 Å². The minimum atomic E-state index is -3.30. The second-order valence-corrected chi connectivity index (χ2v) is 6.40. The monoisotopic (exact) mass is 287 g/mol. The van der Waals surface area contributed by atoms with Gasteiger partial charge in [-0.15, -0.1) is 0 Å². The first-order chi connectivity index (χ1) is 8.36. The highest BCUT2D eigenvalue weighted by Gasteiger charge is 2.18. The van der Waals surface area contributed by atoms with Crippen LogP contribution in [0.4, 0.5) is 5.82 Å². The van der Waals surface area contributed by atoms with Gasteiger partial charge in [0.25, 0.3) is 0 Å². The summed E-state index contributed by atoms with van der Waals surface area (Å²) in [4.78, 5) is 6.65. The molecule has 100 valence electrons. The van der Waals surface area contributed by atoms with Gasteiger partial charge in [-0.05, 0) is 19.1 Å². The van der Waals surface area contributed by atoms with E-state index in [-0.39, 0.29) is 4.90 Å². The van der Waals surface area contributed by atoms with Crippen molar-refractivity contribution in [2.24, 2.45) is 5.73 Å². The molecule has 0 radical (unpaired) electrons. The predicted molar refractivity (Wildman–Crippen MR) is 76.6 cm³/mol. The summed E-state index contributed by atoms with van der Waals surface area (Å²) in [6, 6.07) is 3.17. The zero-order valence-electron chi connectivity index (χ0n) is 10.5. The van der Waals surface area contributed by atoms with E-state index in [9.17, 15) is 8.42 Å². The first-order valence-electron chi connectivity index (χ1n) is 5.54. The fourth-order valence-corrected chi connectivity index (χ4v) is 2.50. The number of thiocarbonyl (C=S) groups is 1. The van der Waals surface area contributed by atoms with E-state index < -0.39 is 9.84 Å². The molecule has 0 aliphatic carbocycles. The van der Waals surface area contributed by atoms with Crippen molar-refractivity contribution >= 4 is 32.9 Å². The maximum atomic E-state index is 11.7. The third-order valence-electron chi connectivity index (χ3n) is 2.46. The average molecular weight is 287 g/mol. The Morgan fingerprint density at radius 2 is 2.22 bits per heavy atom. The molecule has 0 aliphatic heterocycles. The molecule has 2 N–H and O–H groups in total. The van der Waals surface area contributed by atoms with Gasteiger partial charge in [0.15, 0.2) is 9.84 Å². The lowest BCUT2D eigenvalue weighted by atomic mass is 10.3. The summed E-state index contributed by atoms with van der Waals surface area (Å²) in [5, 5.41) is 0. The summed E-state index contributed by atoms with van der Waals surface area (Å²) in [6.07, 6.45) is 3.28. The lowest BCUT2D eigenvalue weighted by molar-refractivity contribution is 0.601. The molecular weight excluding hydrogens is 270 g/mol. The van der Waals surface area contributed by atoms with Gasteiger partial charge in [-0.25, -0.2) is 13.4 Å². The molecule has 0 saturated heterocycles. The van der Waals surface area contributed by atoms with E-state index in [0.29, 0.717) is 30.3 Å². The Hall–Kier alpha value is -1.21. The minimum absolute atomic E-state index is 0.231. The van der Waals surface area contributed by atoms with Gasteiger partial charge in [-0.2, -0.15) is 0 Å². The molecule has 0 unspecified atom stereocenters. The molecule has 0 fully saturated rings. The van der Waals surface area contributed by atoms with Crippen molar-refractivity contribution in [3.63, 3.8) is 0 Å². The molecule has 1 aromatic rings. The van der Waals surface area contributed by atoms with Gasteiger partial charge in [-0.1, -0.05) is 12.2 Å². The van der Waals surface area contributed by atoms with E-state index >= 15 is 0 Å². The van der Waals surface area contributed by atoms with Crippen LogP contribution in [0.1, 0.15) is 13.3 Å². The Balaban J connectivity index is 3.10. The number of hydrogen-bond acceptors (Lipinski definition) is 5. The van der Waals surface area contributed by atoms with Crippen LogP contribution < -0.4 is 10.6 Å². The van der Waals surface area contributed by atoms with Gasteiger partial charge in [0.2, 0.25) is 0 Å². The van der Waals surface area contributed by atoms with E-state index in [0.717, 1.165) is 0 Å². The van der Waals surface area contributed by atoms with Crippen LogP contribution >= 0.6 is 12.2 Å². The van der Waals surface area contributed by atoms with Crippen molar-refractivity contribution in [3.05, 3.63) is 18.3 Å². The number of sulfone groups is 1. The van der Waals surface area contributed by atoms with E-state index in [1.165, 1.54) is 6.26 Å². The molecule has 1 aromatic heterocycles. The van der Waals surface area contributed by atoms with Crippen molar-refractivity contribution < 1.29 is 8.42 Å². The van der Waals surface area contributed by atoms with Gasteiger partial charge in [0.05, 0.1) is 4.99 Å². The minimum Gasteiger partial charge on any atom is -0.393 e. The normalized spacial score (nSPS) is 11.2. The summed E-state index contributed by atoms with van der Waals surface area (Å²) < 4.78 is 23.4. The van der Waals surface area contributed by atoms with Crippen LogP contribution in [0.3, 0.4) is 0 Å². The lowest BCUT2D eigenvalue weighted by Gasteiger charge is -2.23. The molecule has 0 atom stereocenters. The molecule has 0 amide bonds. The van der Waals surface area contributed by atoms with E-state index in [4.69, 9.17) is 18.0 Å². The fraction of sp³-hybridized carbons (Fsp3) is 0.455. The van der Waals surface area contributed by atoms with Crippen LogP contribution in [-0.4, -0.2) is 37.7 Å². The van der Waals surface area contributed by atoms with Gasteiger partial charge < -0.3 is 10.6 Å². The highest BCUT2D eigenvalue weighted by molar-refractivity contribution is 7.90. The smallest absolute Gasteiger partial charge is 0.179 e. The van der Waals surface area contributed by atoms with Crippen LogP contribution in [0, 0.1) is 0 Å². The third kappa shape index (κ3) is 3.92. The van der Waals surface area contributed by atoms with Crippen molar-refractivity contribution in [1.29, 1.82) is 0 Å². The molecule has 0 aliphatic rings. The van der Waals surface area contributed by atoms with Crippen LogP contribution in [0.25, 0.3) is 0 Å². The molecule has 0 bridgehead atoms. The molecule has 0 saturated carbocycles. The van der Waals surface area contributed by atoms with Gasteiger partial charge in [0.1, 0.15) is 10.7 Å². The molecule has 18 heavy (non-hydrogen) atoms. The Morgan fingerprint density at radius 1 is 1.56 bits per heavy atom. The number of nitrogens with zero attached hydrogens (tertiary/aromatic N) is 2. The fourth-order valence-electron chi connectivity index (χ4n) is 1.57. The van der Waals surface area contributed by atoms with Crippen LogP contribution in [0.15, 0.2) is 23.2 Å². The Bertz CT molecular complexity index is 529. The van der Waals surface area contributed by atoms with Crippen molar-refractivity contribution in [2.45, 2.75) is 18.2 Å². The Morgan fingerprint density at radius 3 is 2.72 bits per heavy atom. The molecule has 1 rings (SSSR count). The molecule has 0 aromatic carbocycles. The van der Waals surface area contributed by atoms with Crippen molar-refractivity contribution in [2.75, 3.05) is 24.2 Å². The maximum Gasteiger partial charge on any atom is 0.179 e. The van der Waals surface area contributed by atoms with E-state index in [1.54, 1.807) is 18.3 Å². The molecule has 0 spiro atoms.